The van der Waals surface area contributed by atoms with E-state index in [0.717, 1.165) is 24.3 Å². The van der Waals surface area contributed by atoms with Gasteiger partial charge in [0.25, 0.3) is 0 Å². The maximum atomic E-state index is 12.7. The quantitative estimate of drug-likeness (QED) is 0.893. The van der Waals surface area contributed by atoms with Crippen LogP contribution in [-0.4, -0.2) is 55.6 Å². The van der Waals surface area contributed by atoms with Gasteiger partial charge in [-0.25, -0.2) is 4.79 Å². The summed E-state index contributed by atoms with van der Waals surface area (Å²) in [4.78, 5) is 30.9. The molecule has 0 saturated carbocycles. The molecule has 3 amide bonds. The summed E-state index contributed by atoms with van der Waals surface area (Å²) in [7, 11) is 0. The number of urea groups is 1. The van der Waals surface area contributed by atoms with E-state index in [-0.39, 0.29) is 18.0 Å². The van der Waals surface area contributed by atoms with E-state index >= 15 is 0 Å². The standard InChI is InChI=1S/C22H26N4O2/c1-17-7-9-20(10-8-17)26-16-18(15-21(26)27)23-22(28)25-13-11-24(12-14-25)19-5-3-2-4-6-19/h2-10,18H,11-16H2,1H3,(H,23,28)/t18-/m0/s1. The normalized spacial score (nSPS) is 19.8. The van der Waals surface area contributed by atoms with E-state index in [9.17, 15) is 9.59 Å². The molecule has 2 aromatic rings. The smallest absolute Gasteiger partial charge is 0.317 e. The zero-order valence-electron chi connectivity index (χ0n) is 16.2. The van der Waals surface area contributed by atoms with Crippen LogP contribution in [0.3, 0.4) is 0 Å². The van der Waals surface area contributed by atoms with Gasteiger partial charge in [0.05, 0.1) is 6.04 Å². The second kappa shape index (κ2) is 7.92. The molecule has 0 spiro atoms. The maximum absolute atomic E-state index is 12.7. The van der Waals surface area contributed by atoms with Crippen LogP contribution in [-0.2, 0) is 4.79 Å². The largest absolute Gasteiger partial charge is 0.368 e. The van der Waals surface area contributed by atoms with Gasteiger partial charge in [0.2, 0.25) is 5.91 Å². The van der Waals surface area contributed by atoms with E-state index in [4.69, 9.17) is 0 Å². The number of nitrogens with zero attached hydrogens (tertiary/aromatic N) is 3. The van der Waals surface area contributed by atoms with Crippen molar-refractivity contribution in [1.29, 1.82) is 0 Å². The molecule has 2 aliphatic rings. The SMILES string of the molecule is Cc1ccc(N2C[C@@H](NC(=O)N3CCN(c4ccccc4)CC3)CC2=O)cc1. The molecule has 1 N–H and O–H groups in total. The van der Waals surface area contributed by atoms with Crippen molar-refractivity contribution in [1.82, 2.24) is 10.2 Å². The Hall–Kier alpha value is -3.02. The van der Waals surface area contributed by atoms with E-state index < -0.39 is 0 Å². The van der Waals surface area contributed by atoms with Crippen LogP contribution < -0.4 is 15.1 Å². The molecule has 146 valence electrons. The van der Waals surface area contributed by atoms with Crippen molar-refractivity contribution in [2.45, 2.75) is 19.4 Å². The van der Waals surface area contributed by atoms with Crippen molar-refractivity contribution in [3.63, 3.8) is 0 Å². The Morgan fingerprint density at radius 3 is 2.29 bits per heavy atom. The first-order chi connectivity index (χ1) is 13.6. The predicted molar refractivity (Wildman–Crippen MR) is 111 cm³/mol. The minimum atomic E-state index is -0.145. The third-order valence-corrected chi connectivity index (χ3v) is 5.49. The van der Waals surface area contributed by atoms with Crippen LogP contribution in [0.1, 0.15) is 12.0 Å². The number of anilines is 2. The highest BCUT2D eigenvalue weighted by atomic mass is 16.2. The lowest BCUT2D eigenvalue weighted by molar-refractivity contribution is -0.117. The number of benzene rings is 2. The lowest BCUT2D eigenvalue weighted by Gasteiger charge is -2.36. The van der Waals surface area contributed by atoms with Gasteiger partial charge in [-0.15, -0.1) is 0 Å². The molecule has 0 radical (unpaired) electrons. The number of amides is 3. The Balaban J connectivity index is 1.30. The first-order valence-corrected chi connectivity index (χ1v) is 9.82. The summed E-state index contributed by atoms with van der Waals surface area (Å²) in [5, 5.41) is 3.05. The molecule has 2 fully saturated rings. The Labute approximate surface area is 165 Å². The van der Waals surface area contributed by atoms with Gasteiger partial charge in [0, 0.05) is 50.5 Å². The van der Waals surface area contributed by atoms with Crippen LogP contribution in [0.15, 0.2) is 54.6 Å². The first kappa shape index (κ1) is 18.3. The zero-order chi connectivity index (χ0) is 19.5. The molecule has 0 bridgehead atoms. The topological polar surface area (TPSA) is 55.9 Å². The second-order valence-electron chi connectivity index (χ2n) is 7.50. The van der Waals surface area contributed by atoms with Gasteiger partial charge in [0.1, 0.15) is 0 Å². The molecule has 2 heterocycles. The number of hydrogen-bond donors (Lipinski definition) is 1. The molecule has 0 unspecified atom stereocenters. The van der Waals surface area contributed by atoms with Gasteiger partial charge in [-0.2, -0.15) is 0 Å². The molecule has 2 saturated heterocycles. The Kier molecular flexibility index (Phi) is 5.19. The fourth-order valence-electron chi connectivity index (χ4n) is 3.85. The average Bonchev–Trinajstić information content (AvgIpc) is 3.09. The molecule has 2 aliphatic heterocycles. The van der Waals surface area contributed by atoms with Crippen LogP contribution in [0.2, 0.25) is 0 Å². The fraction of sp³-hybridized carbons (Fsp3) is 0.364. The molecule has 0 aromatic heterocycles. The molecule has 4 rings (SSSR count). The van der Waals surface area contributed by atoms with Crippen LogP contribution >= 0.6 is 0 Å². The van der Waals surface area contributed by atoms with Crippen LogP contribution in [0.4, 0.5) is 16.2 Å². The van der Waals surface area contributed by atoms with E-state index in [2.05, 4.69) is 22.3 Å². The van der Waals surface area contributed by atoms with Gasteiger partial charge in [-0.3, -0.25) is 4.79 Å². The highest BCUT2D eigenvalue weighted by Crippen LogP contribution is 2.22. The number of piperazine rings is 1. The zero-order valence-corrected chi connectivity index (χ0v) is 16.2. The Morgan fingerprint density at radius 2 is 1.61 bits per heavy atom. The third-order valence-electron chi connectivity index (χ3n) is 5.49. The van der Waals surface area contributed by atoms with Crippen molar-refractivity contribution in [2.75, 3.05) is 42.5 Å². The van der Waals surface area contributed by atoms with Crippen molar-refractivity contribution in [3.8, 4) is 0 Å². The Morgan fingerprint density at radius 1 is 0.929 bits per heavy atom. The minimum absolute atomic E-state index is 0.0584. The number of rotatable bonds is 3. The van der Waals surface area contributed by atoms with Crippen molar-refractivity contribution < 1.29 is 9.59 Å². The molecule has 6 nitrogen and oxygen atoms in total. The highest BCUT2D eigenvalue weighted by molar-refractivity contribution is 5.96. The summed E-state index contributed by atoms with van der Waals surface area (Å²) in [5.74, 6) is 0.0584. The van der Waals surface area contributed by atoms with Gasteiger partial charge in [-0.1, -0.05) is 35.9 Å². The highest BCUT2D eigenvalue weighted by Gasteiger charge is 2.33. The number of aryl methyl sites for hydroxylation is 1. The van der Waals surface area contributed by atoms with E-state index in [1.54, 1.807) is 4.90 Å². The average molecular weight is 378 g/mol. The van der Waals surface area contributed by atoms with Gasteiger partial charge >= 0.3 is 6.03 Å². The molecule has 28 heavy (non-hydrogen) atoms. The molecular formula is C22H26N4O2. The number of carbonyl (C=O) groups is 2. The second-order valence-corrected chi connectivity index (χ2v) is 7.50. The fourth-order valence-corrected chi connectivity index (χ4v) is 3.85. The molecule has 6 heteroatoms. The monoisotopic (exact) mass is 378 g/mol. The summed E-state index contributed by atoms with van der Waals surface area (Å²) in [6, 6.07) is 18.0. The number of para-hydroxylation sites is 1. The van der Waals surface area contributed by atoms with Crippen LogP contribution in [0.5, 0.6) is 0 Å². The van der Waals surface area contributed by atoms with Crippen LogP contribution in [0.25, 0.3) is 0 Å². The van der Waals surface area contributed by atoms with Crippen molar-refractivity contribution >= 4 is 23.3 Å². The summed E-state index contributed by atoms with van der Waals surface area (Å²) in [6.07, 6.45) is 0.351. The molecule has 2 aromatic carbocycles. The summed E-state index contributed by atoms with van der Waals surface area (Å²) in [6.45, 7) is 5.55. The number of carbonyl (C=O) groups excluding carboxylic acids is 2. The lowest BCUT2D eigenvalue weighted by Crippen LogP contribution is -2.53. The summed E-state index contributed by atoms with van der Waals surface area (Å²) >= 11 is 0. The van der Waals surface area contributed by atoms with Crippen LogP contribution in [0, 0.1) is 6.92 Å². The lowest BCUT2D eigenvalue weighted by atomic mass is 10.2. The van der Waals surface area contributed by atoms with Gasteiger partial charge < -0.3 is 20.0 Å². The van der Waals surface area contributed by atoms with Crippen molar-refractivity contribution in [2.24, 2.45) is 0 Å². The van der Waals surface area contributed by atoms with Gasteiger partial charge in [0.15, 0.2) is 0 Å². The number of nitrogens with one attached hydrogen (secondary N) is 1. The molecular weight excluding hydrogens is 352 g/mol. The maximum Gasteiger partial charge on any atom is 0.317 e. The van der Waals surface area contributed by atoms with E-state index in [1.807, 2.05) is 54.3 Å². The summed E-state index contributed by atoms with van der Waals surface area (Å²) < 4.78 is 0. The van der Waals surface area contributed by atoms with Crippen molar-refractivity contribution in [3.05, 3.63) is 60.2 Å². The van der Waals surface area contributed by atoms with E-state index in [0.29, 0.717) is 26.1 Å². The predicted octanol–water partition coefficient (Wildman–Crippen LogP) is 2.63. The Bertz CT molecular complexity index is 829. The number of hydrogen-bond acceptors (Lipinski definition) is 3. The van der Waals surface area contributed by atoms with E-state index in [1.165, 1.54) is 5.69 Å². The summed E-state index contributed by atoms with van der Waals surface area (Å²) in [5.41, 5.74) is 3.25. The molecule has 0 aliphatic carbocycles. The molecule has 1 atom stereocenters. The first-order valence-electron chi connectivity index (χ1n) is 9.82. The van der Waals surface area contributed by atoms with Gasteiger partial charge in [-0.05, 0) is 31.2 Å². The minimum Gasteiger partial charge on any atom is -0.368 e. The third kappa shape index (κ3) is 3.96.